The highest BCUT2D eigenvalue weighted by molar-refractivity contribution is 6.06. The van der Waals surface area contributed by atoms with Crippen LogP contribution in [0.4, 0.5) is 0 Å². The summed E-state index contributed by atoms with van der Waals surface area (Å²) in [6.07, 6.45) is 12.9. The molecule has 0 aliphatic carbocycles. The van der Waals surface area contributed by atoms with Crippen molar-refractivity contribution in [2.24, 2.45) is 9.98 Å². The third-order valence-corrected chi connectivity index (χ3v) is 7.96. The normalized spacial score (nSPS) is 19.4. The van der Waals surface area contributed by atoms with Crippen molar-refractivity contribution >= 4 is 29.5 Å². The summed E-state index contributed by atoms with van der Waals surface area (Å²) < 4.78 is 4.92. The van der Waals surface area contributed by atoms with Crippen LogP contribution in [0.15, 0.2) is 44.7 Å². The Morgan fingerprint density at radius 2 is 1.62 bits per heavy atom. The monoisotopic (exact) mass is 496 g/mol. The molecule has 0 amide bonds. The minimum atomic E-state index is -0.198. The van der Waals surface area contributed by atoms with Crippen LogP contribution in [-0.4, -0.2) is 34.5 Å². The van der Waals surface area contributed by atoms with Crippen molar-refractivity contribution in [2.75, 3.05) is 7.11 Å². The largest absolute Gasteiger partial charge is 0.469 e. The second-order valence-electron chi connectivity index (χ2n) is 10.1. The first-order chi connectivity index (χ1) is 17.8. The third kappa shape index (κ3) is 4.61. The quantitative estimate of drug-likeness (QED) is 0.476. The van der Waals surface area contributed by atoms with Gasteiger partial charge < -0.3 is 14.7 Å². The summed E-state index contributed by atoms with van der Waals surface area (Å²) in [7, 11) is 1.44. The van der Waals surface area contributed by atoms with Gasteiger partial charge in [-0.1, -0.05) is 13.8 Å². The molecule has 2 aromatic heterocycles. The molecule has 0 radical (unpaired) electrons. The molecular formula is C31H36N4O2. The number of aromatic nitrogens is 2. The van der Waals surface area contributed by atoms with E-state index in [-0.39, 0.29) is 5.97 Å². The van der Waals surface area contributed by atoms with E-state index >= 15 is 0 Å². The van der Waals surface area contributed by atoms with Gasteiger partial charge in [0.15, 0.2) is 0 Å². The van der Waals surface area contributed by atoms with Gasteiger partial charge in [0, 0.05) is 47.7 Å². The number of hydrogen-bond donors (Lipinski definition) is 2. The van der Waals surface area contributed by atoms with Crippen LogP contribution in [0.1, 0.15) is 78.6 Å². The van der Waals surface area contributed by atoms with E-state index in [0.717, 1.165) is 70.3 Å². The van der Waals surface area contributed by atoms with E-state index in [2.05, 4.69) is 68.9 Å². The van der Waals surface area contributed by atoms with Crippen molar-refractivity contribution in [1.29, 1.82) is 0 Å². The molecule has 3 aliphatic rings. The zero-order valence-electron chi connectivity index (χ0n) is 22.8. The number of carbonyl (C=O) groups is 1. The maximum absolute atomic E-state index is 11.9. The van der Waals surface area contributed by atoms with Crippen molar-refractivity contribution in [3.63, 3.8) is 0 Å². The fourth-order valence-electron chi connectivity index (χ4n) is 5.84. The van der Waals surface area contributed by atoms with Crippen molar-refractivity contribution in [1.82, 2.24) is 9.97 Å². The van der Waals surface area contributed by atoms with Gasteiger partial charge in [-0.25, -0.2) is 0 Å². The molecule has 0 unspecified atom stereocenters. The maximum Gasteiger partial charge on any atom is 0.305 e. The number of nitrogens with zero attached hydrogens (tertiary/aromatic N) is 2. The molecule has 0 saturated heterocycles. The van der Waals surface area contributed by atoms with Crippen LogP contribution < -0.4 is 0 Å². The minimum Gasteiger partial charge on any atom is -0.469 e. The SMILES string of the molecule is CCC1=C(C)/C2=C/c3[nH]c(c(CCC(=O)OC)c3C)CC3=N/C(=C\c4[nH]c(c(CC)c4C)CC1=N2)C=C3. The lowest BCUT2D eigenvalue weighted by Gasteiger charge is -2.07. The lowest BCUT2D eigenvalue weighted by Crippen LogP contribution is -2.06. The van der Waals surface area contributed by atoms with Gasteiger partial charge in [0.25, 0.3) is 0 Å². The van der Waals surface area contributed by atoms with Crippen molar-refractivity contribution in [3.8, 4) is 0 Å². The smallest absolute Gasteiger partial charge is 0.305 e. The number of fused-ring (bicyclic) bond motifs is 6. The van der Waals surface area contributed by atoms with Crippen LogP contribution in [-0.2, 0) is 35.2 Å². The van der Waals surface area contributed by atoms with Crippen LogP contribution in [0, 0.1) is 13.8 Å². The Morgan fingerprint density at radius 3 is 2.32 bits per heavy atom. The summed E-state index contributed by atoms with van der Waals surface area (Å²) in [5.74, 6) is -0.198. The Labute approximate surface area is 219 Å². The molecule has 2 N–H and O–H groups in total. The second kappa shape index (κ2) is 10.0. The van der Waals surface area contributed by atoms with E-state index in [0.29, 0.717) is 19.3 Å². The Morgan fingerprint density at radius 1 is 0.919 bits per heavy atom. The maximum atomic E-state index is 11.9. The van der Waals surface area contributed by atoms with Gasteiger partial charge in [-0.3, -0.25) is 14.8 Å². The molecule has 6 nitrogen and oxygen atoms in total. The Kier molecular flexibility index (Phi) is 6.76. The number of ether oxygens (including phenoxy) is 1. The summed E-state index contributed by atoms with van der Waals surface area (Å²) in [6.45, 7) is 10.9. The molecular weight excluding hydrogens is 460 g/mol. The molecule has 5 rings (SSSR count). The first-order valence-corrected chi connectivity index (χ1v) is 13.3. The summed E-state index contributed by atoms with van der Waals surface area (Å²) in [5.41, 5.74) is 16.1. The van der Waals surface area contributed by atoms with E-state index in [1.807, 2.05) is 0 Å². The molecule has 0 spiro atoms. The third-order valence-electron chi connectivity index (χ3n) is 7.96. The molecule has 0 fully saturated rings. The van der Waals surface area contributed by atoms with Crippen LogP contribution in [0.3, 0.4) is 0 Å². The molecule has 37 heavy (non-hydrogen) atoms. The Hall–Kier alpha value is -3.67. The lowest BCUT2D eigenvalue weighted by molar-refractivity contribution is -0.140. The Bertz CT molecular complexity index is 1470. The number of hydrogen-bond acceptors (Lipinski definition) is 4. The fourth-order valence-corrected chi connectivity index (χ4v) is 5.84. The average molecular weight is 497 g/mol. The van der Waals surface area contributed by atoms with Crippen molar-refractivity contribution in [3.05, 3.63) is 79.7 Å². The van der Waals surface area contributed by atoms with E-state index < -0.39 is 0 Å². The Balaban J connectivity index is 1.67. The van der Waals surface area contributed by atoms with E-state index in [1.165, 1.54) is 35.1 Å². The minimum absolute atomic E-state index is 0.198. The molecule has 192 valence electrons. The number of nitrogens with one attached hydrogen (secondary N) is 2. The van der Waals surface area contributed by atoms with Crippen LogP contribution >= 0.6 is 0 Å². The highest BCUT2D eigenvalue weighted by Gasteiger charge is 2.24. The zero-order valence-corrected chi connectivity index (χ0v) is 22.8. The van der Waals surface area contributed by atoms with Crippen LogP contribution in [0.5, 0.6) is 0 Å². The topological polar surface area (TPSA) is 82.6 Å². The molecule has 6 heteroatoms. The van der Waals surface area contributed by atoms with E-state index in [9.17, 15) is 4.79 Å². The molecule has 5 heterocycles. The van der Waals surface area contributed by atoms with Gasteiger partial charge in [0.1, 0.15) is 0 Å². The molecule has 0 atom stereocenters. The molecule has 0 aromatic carbocycles. The first kappa shape index (κ1) is 25.0. The number of methoxy groups -OCH3 is 1. The second-order valence-corrected chi connectivity index (χ2v) is 10.1. The molecule has 2 aromatic rings. The summed E-state index contributed by atoms with van der Waals surface area (Å²) in [5, 5.41) is 0. The van der Waals surface area contributed by atoms with Crippen LogP contribution in [0.2, 0.25) is 0 Å². The van der Waals surface area contributed by atoms with E-state index in [4.69, 9.17) is 14.7 Å². The summed E-state index contributed by atoms with van der Waals surface area (Å²) in [4.78, 5) is 29.4. The average Bonchev–Trinajstić information content (AvgIpc) is 3.60. The van der Waals surface area contributed by atoms with Crippen LogP contribution in [0.25, 0.3) is 12.2 Å². The number of aliphatic imine (C=N–C) groups is 2. The molecule has 8 bridgehead atoms. The number of esters is 1. The van der Waals surface area contributed by atoms with Gasteiger partial charge in [-0.05, 0) is 97.7 Å². The number of allylic oxidation sites excluding steroid dienone is 4. The predicted octanol–water partition coefficient (Wildman–Crippen LogP) is 6.30. The van der Waals surface area contributed by atoms with Gasteiger partial charge in [0.05, 0.1) is 24.2 Å². The highest BCUT2D eigenvalue weighted by atomic mass is 16.5. The zero-order chi connectivity index (χ0) is 26.3. The van der Waals surface area contributed by atoms with Crippen molar-refractivity contribution in [2.45, 2.75) is 73.1 Å². The van der Waals surface area contributed by atoms with E-state index in [1.54, 1.807) is 0 Å². The molecule has 0 saturated carbocycles. The molecule has 3 aliphatic heterocycles. The first-order valence-electron chi connectivity index (χ1n) is 13.3. The highest BCUT2D eigenvalue weighted by Crippen LogP contribution is 2.34. The number of carbonyl (C=O) groups excluding carboxylic acids is 1. The lowest BCUT2D eigenvalue weighted by atomic mass is 9.97. The summed E-state index contributed by atoms with van der Waals surface area (Å²) in [6, 6.07) is 0. The van der Waals surface area contributed by atoms with Gasteiger partial charge in [-0.2, -0.15) is 0 Å². The standard InChI is InChI=1S/C31H36N4O2/c1-7-22-17(3)25-13-20-9-10-21(32-20)14-28-24(11-12-31(36)37-6)19(5)27(34-28)15-26-18(4)23(8-2)30(35-26)16-29(22)33-25/h9-10,13,15,33-34H,7-8,11-12,14,16H2,1-6H3/b20-13-,26-15-. The van der Waals surface area contributed by atoms with Gasteiger partial charge in [-0.15, -0.1) is 0 Å². The number of aromatic amines is 2. The number of rotatable bonds is 5. The predicted molar refractivity (Wildman–Crippen MR) is 151 cm³/mol. The fraction of sp³-hybridized carbons (Fsp3) is 0.387. The summed E-state index contributed by atoms with van der Waals surface area (Å²) >= 11 is 0. The van der Waals surface area contributed by atoms with Gasteiger partial charge in [0.2, 0.25) is 0 Å². The van der Waals surface area contributed by atoms with Gasteiger partial charge >= 0.3 is 5.97 Å². The number of H-pyrrole nitrogens is 2. The van der Waals surface area contributed by atoms with Crippen molar-refractivity contribution < 1.29 is 9.53 Å².